The number of benzene rings is 2. The molecule has 0 heterocycles. The second-order valence-corrected chi connectivity index (χ2v) is 5.39. The van der Waals surface area contributed by atoms with E-state index in [-0.39, 0.29) is 0 Å². The van der Waals surface area contributed by atoms with Crippen LogP contribution in [0.15, 0.2) is 30.3 Å². The van der Waals surface area contributed by atoms with Crippen molar-refractivity contribution in [3.8, 4) is 0 Å². The molecular formula is C17H19O. The number of rotatable bonds is 3. The van der Waals surface area contributed by atoms with Crippen molar-refractivity contribution in [2.24, 2.45) is 0 Å². The molecule has 0 fully saturated rings. The van der Waals surface area contributed by atoms with E-state index in [0.29, 0.717) is 11.8 Å². The van der Waals surface area contributed by atoms with Gasteiger partial charge in [0, 0.05) is 5.56 Å². The zero-order valence-corrected chi connectivity index (χ0v) is 11.4. The molecule has 2 aromatic rings. The summed E-state index contributed by atoms with van der Waals surface area (Å²) in [5.41, 5.74) is 3.16. The summed E-state index contributed by atoms with van der Waals surface area (Å²) in [6.45, 7) is 8.61. The predicted molar refractivity (Wildman–Crippen MR) is 76.9 cm³/mol. The molecule has 0 aromatic heterocycles. The molecule has 0 bridgehead atoms. The minimum atomic E-state index is 0.337. The molecular weight excluding hydrogens is 220 g/mol. The van der Waals surface area contributed by atoms with Crippen LogP contribution in [0.5, 0.6) is 0 Å². The molecule has 0 saturated carbocycles. The van der Waals surface area contributed by atoms with Gasteiger partial charge >= 0.3 is 0 Å². The van der Waals surface area contributed by atoms with E-state index in [0.717, 1.165) is 21.9 Å². The van der Waals surface area contributed by atoms with E-state index >= 15 is 0 Å². The Bertz CT molecular complexity index is 579. The van der Waals surface area contributed by atoms with Gasteiger partial charge in [0.15, 0.2) is 0 Å². The molecule has 0 aliphatic rings. The number of hydrogen-bond acceptors (Lipinski definition) is 1. The standard InChI is InChI=1S/C17H19O/c1-11(2)15-9-13-7-5-6-8-14(13)16(10-18)17(15)12(3)4/h5-9,11-12H,1-4H3. The molecule has 0 saturated heterocycles. The molecule has 1 nitrogen and oxygen atoms in total. The topological polar surface area (TPSA) is 17.1 Å². The molecule has 1 heteroatoms. The van der Waals surface area contributed by atoms with Crippen LogP contribution in [0, 0.1) is 0 Å². The minimum Gasteiger partial charge on any atom is -0.285 e. The molecule has 1 radical (unpaired) electrons. The Morgan fingerprint density at radius 1 is 1.00 bits per heavy atom. The lowest BCUT2D eigenvalue weighted by atomic mass is 9.84. The van der Waals surface area contributed by atoms with E-state index in [1.807, 2.05) is 18.2 Å². The van der Waals surface area contributed by atoms with E-state index < -0.39 is 0 Å². The van der Waals surface area contributed by atoms with Gasteiger partial charge in [-0.05, 0) is 33.7 Å². The molecule has 2 rings (SSSR count). The lowest BCUT2D eigenvalue weighted by molar-refractivity contribution is 0.562. The second-order valence-electron chi connectivity index (χ2n) is 5.39. The van der Waals surface area contributed by atoms with Crippen LogP contribution in [0.2, 0.25) is 0 Å². The highest BCUT2D eigenvalue weighted by atomic mass is 16.1. The summed E-state index contributed by atoms with van der Waals surface area (Å²) in [6, 6.07) is 10.3. The van der Waals surface area contributed by atoms with Crippen LogP contribution in [0.1, 0.15) is 56.2 Å². The van der Waals surface area contributed by atoms with Crippen LogP contribution in [-0.2, 0) is 4.79 Å². The average Bonchev–Trinajstić information content (AvgIpc) is 2.35. The van der Waals surface area contributed by atoms with Gasteiger partial charge in [-0.3, -0.25) is 4.79 Å². The number of carbonyl (C=O) groups excluding carboxylic acids is 1. The van der Waals surface area contributed by atoms with E-state index in [2.05, 4.69) is 46.1 Å². The van der Waals surface area contributed by atoms with Crippen molar-refractivity contribution in [2.45, 2.75) is 39.5 Å². The third-order valence-corrected chi connectivity index (χ3v) is 3.42. The number of fused-ring (bicyclic) bond motifs is 1. The normalized spacial score (nSPS) is 11.4. The summed E-state index contributed by atoms with van der Waals surface area (Å²) < 4.78 is 0. The van der Waals surface area contributed by atoms with Gasteiger partial charge in [0.1, 0.15) is 0 Å². The maximum absolute atomic E-state index is 11.4. The molecule has 2 aromatic carbocycles. The highest BCUT2D eigenvalue weighted by Crippen LogP contribution is 2.33. The SMILES string of the molecule is CC(C)c1cc2ccccc2c([C]=O)c1C(C)C. The van der Waals surface area contributed by atoms with Gasteiger partial charge in [0.25, 0.3) is 0 Å². The van der Waals surface area contributed by atoms with Crippen molar-refractivity contribution in [2.75, 3.05) is 0 Å². The monoisotopic (exact) mass is 239 g/mol. The van der Waals surface area contributed by atoms with E-state index in [1.54, 1.807) is 0 Å². The Morgan fingerprint density at radius 2 is 1.67 bits per heavy atom. The van der Waals surface area contributed by atoms with Crippen LogP contribution in [0.4, 0.5) is 0 Å². The maximum atomic E-state index is 11.4. The van der Waals surface area contributed by atoms with Crippen LogP contribution < -0.4 is 0 Å². The molecule has 0 unspecified atom stereocenters. The minimum absolute atomic E-state index is 0.337. The van der Waals surface area contributed by atoms with Crippen LogP contribution in [-0.4, -0.2) is 6.29 Å². The van der Waals surface area contributed by atoms with Crippen molar-refractivity contribution >= 4 is 17.1 Å². The van der Waals surface area contributed by atoms with Gasteiger partial charge in [0.2, 0.25) is 6.29 Å². The molecule has 0 atom stereocenters. The van der Waals surface area contributed by atoms with Crippen LogP contribution >= 0.6 is 0 Å². The molecule has 18 heavy (non-hydrogen) atoms. The van der Waals surface area contributed by atoms with Gasteiger partial charge in [-0.2, -0.15) is 0 Å². The fourth-order valence-electron chi connectivity index (χ4n) is 2.59. The molecule has 0 N–H and O–H groups in total. The summed E-state index contributed by atoms with van der Waals surface area (Å²) in [4.78, 5) is 11.4. The van der Waals surface area contributed by atoms with Gasteiger partial charge in [-0.15, -0.1) is 0 Å². The number of hydrogen-bond donors (Lipinski definition) is 0. The largest absolute Gasteiger partial charge is 0.285 e. The van der Waals surface area contributed by atoms with E-state index in [1.165, 1.54) is 5.56 Å². The molecule has 93 valence electrons. The Morgan fingerprint density at radius 3 is 2.22 bits per heavy atom. The van der Waals surface area contributed by atoms with Gasteiger partial charge in [0.05, 0.1) is 0 Å². The first-order valence-corrected chi connectivity index (χ1v) is 6.50. The van der Waals surface area contributed by atoms with Crippen LogP contribution in [0.25, 0.3) is 10.8 Å². The summed E-state index contributed by atoms with van der Waals surface area (Å²) in [6.07, 6.45) is 2.17. The molecule has 0 aliphatic heterocycles. The molecule has 0 spiro atoms. The summed E-state index contributed by atoms with van der Waals surface area (Å²) in [7, 11) is 0. The fourth-order valence-corrected chi connectivity index (χ4v) is 2.59. The summed E-state index contributed by atoms with van der Waals surface area (Å²) in [5, 5.41) is 2.14. The third kappa shape index (κ3) is 2.05. The van der Waals surface area contributed by atoms with Gasteiger partial charge in [-0.1, -0.05) is 58.0 Å². The maximum Gasteiger partial charge on any atom is 0.234 e. The van der Waals surface area contributed by atoms with Gasteiger partial charge in [-0.25, -0.2) is 0 Å². The predicted octanol–water partition coefficient (Wildman–Crippen LogP) is 4.54. The Labute approximate surface area is 109 Å². The molecule has 0 amide bonds. The summed E-state index contributed by atoms with van der Waals surface area (Å²) in [5.74, 6) is 0.752. The lowest BCUT2D eigenvalue weighted by Gasteiger charge is -2.19. The second kappa shape index (κ2) is 4.93. The van der Waals surface area contributed by atoms with Gasteiger partial charge < -0.3 is 0 Å². The zero-order valence-electron chi connectivity index (χ0n) is 11.4. The molecule has 0 aliphatic carbocycles. The average molecular weight is 239 g/mol. The highest BCUT2D eigenvalue weighted by molar-refractivity contribution is 6.00. The van der Waals surface area contributed by atoms with E-state index in [9.17, 15) is 4.79 Å². The summed E-state index contributed by atoms with van der Waals surface area (Å²) >= 11 is 0. The van der Waals surface area contributed by atoms with Crippen LogP contribution in [0.3, 0.4) is 0 Å². The van der Waals surface area contributed by atoms with Crippen molar-refractivity contribution in [3.63, 3.8) is 0 Å². The lowest BCUT2D eigenvalue weighted by Crippen LogP contribution is -2.04. The Kier molecular flexibility index (Phi) is 3.51. The third-order valence-electron chi connectivity index (χ3n) is 3.42. The zero-order chi connectivity index (χ0) is 13.3. The first kappa shape index (κ1) is 12.8. The van der Waals surface area contributed by atoms with Crippen molar-refractivity contribution < 1.29 is 4.79 Å². The van der Waals surface area contributed by atoms with Crippen molar-refractivity contribution in [1.29, 1.82) is 0 Å². The quantitative estimate of drug-likeness (QED) is 0.768. The Hall–Kier alpha value is -1.63. The smallest absolute Gasteiger partial charge is 0.234 e. The van der Waals surface area contributed by atoms with Crippen molar-refractivity contribution in [1.82, 2.24) is 0 Å². The first-order valence-electron chi connectivity index (χ1n) is 6.50. The first-order chi connectivity index (χ1) is 8.56. The highest BCUT2D eigenvalue weighted by Gasteiger charge is 2.17. The fraction of sp³-hybridized carbons (Fsp3) is 0.353. The van der Waals surface area contributed by atoms with Crippen molar-refractivity contribution in [3.05, 3.63) is 47.0 Å². The van der Waals surface area contributed by atoms with E-state index in [4.69, 9.17) is 0 Å². The Balaban J connectivity index is 2.91.